The summed E-state index contributed by atoms with van der Waals surface area (Å²) in [6.07, 6.45) is 2.13. The van der Waals surface area contributed by atoms with E-state index in [1.54, 1.807) is 18.2 Å². The van der Waals surface area contributed by atoms with E-state index >= 15 is 0 Å². The lowest BCUT2D eigenvalue weighted by Gasteiger charge is -2.21. The molecule has 0 unspecified atom stereocenters. The number of rotatable bonds is 3. The van der Waals surface area contributed by atoms with Crippen molar-refractivity contribution >= 4 is 29.1 Å². The molecule has 2 aliphatic rings. The molecule has 1 amide bonds. The van der Waals surface area contributed by atoms with Gasteiger partial charge in [0.2, 0.25) is 0 Å². The zero-order chi connectivity index (χ0) is 15.5. The molecule has 2 aliphatic heterocycles. The van der Waals surface area contributed by atoms with Gasteiger partial charge in [0.05, 0.1) is 10.0 Å². The minimum atomic E-state index is -0.0168. The first kappa shape index (κ1) is 15.9. The number of fused-ring (bicyclic) bond motifs is 1. The standard InChI is InChI=1S/C16H20Cl2N2O2/c17-13-2-1-3-14(18)16(13)22-10-15(21)20-6-4-11-8-19-9-12(11)5-7-20/h1-3,11-12,19H,4-10H2/t11-,12+. The maximum Gasteiger partial charge on any atom is 0.260 e. The van der Waals surface area contributed by atoms with Crippen LogP contribution in [0, 0.1) is 11.8 Å². The smallest absolute Gasteiger partial charge is 0.260 e. The second-order valence-electron chi connectivity index (χ2n) is 5.98. The normalized spacial score (nSPS) is 24.7. The van der Waals surface area contributed by atoms with Gasteiger partial charge in [-0.1, -0.05) is 29.3 Å². The molecule has 0 radical (unpaired) electrons. The van der Waals surface area contributed by atoms with Gasteiger partial charge in [-0.25, -0.2) is 0 Å². The van der Waals surface area contributed by atoms with Gasteiger partial charge in [-0.05, 0) is 49.9 Å². The molecule has 0 aliphatic carbocycles. The molecule has 2 atom stereocenters. The molecule has 1 N–H and O–H groups in total. The molecule has 22 heavy (non-hydrogen) atoms. The van der Waals surface area contributed by atoms with Crippen LogP contribution in [0.5, 0.6) is 5.75 Å². The quantitative estimate of drug-likeness (QED) is 0.918. The summed E-state index contributed by atoms with van der Waals surface area (Å²) in [6.45, 7) is 3.76. The minimum Gasteiger partial charge on any atom is -0.481 e. The number of carbonyl (C=O) groups excluding carboxylic acids is 1. The first-order chi connectivity index (χ1) is 10.6. The molecule has 2 heterocycles. The second-order valence-corrected chi connectivity index (χ2v) is 6.79. The molecule has 6 heteroatoms. The topological polar surface area (TPSA) is 41.6 Å². The van der Waals surface area contributed by atoms with Crippen LogP contribution >= 0.6 is 23.2 Å². The summed E-state index contributed by atoms with van der Waals surface area (Å²) < 4.78 is 5.55. The molecule has 1 aromatic carbocycles. The van der Waals surface area contributed by atoms with Crippen molar-refractivity contribution < 1.29 is 9.53 Å². The van der Waals surface area contributed by atoms with E-state index in [0.29, 0.717) is 27.6 Å². The Morgan fingerprint density at radius 3 is 2.36 bits per heavy atom. The third-order valence-corrected chi connectivity index (χ3v) is 5.23. The number of hydrogen-bond acceptors (Lipinski definition) is 3. The van der Waals surface area contributed by atoms with Gasteiger partial charge in [0.15, 0.2) is 12.4 Å². The maximum atomic E-state index is 12.4. The Kier molecular flexibility index (Phi) is 5.11. The molecule has 0 spiro atoms. The summed E-state index contributed by atoms with van der Waals surface area (Å²) in [5, 5.41) is 4.29. The van der Waals surface area contributed by atoms with Crippen molar-refractivity contribution in [1.29, 1.82) is 0 Å². The highest BCUT2D eigenvalue weighted by atomic mass is 35.5. The average molecular weight is 343 g/mol. The predicted molar refractivity (Wildman–Crippen MR) is 87.6 cm³/mol. The molecule has 3 rings (SSSR count). The molecule has 2 saturated heterocycles. The fourth-order valence-electron chi connectivity index (χ4n) is 3.31. The van der Waals surface area contributed by atoms with E-state index in [1.165, 1.54) is 0 Å². The van der Waals surface area contributed by atoms with Crippen molar-refractivity contribution in [3.05, 3.63) is 28.2 Å². The summed E-state index contributed by atoms with van der Waals surface area (Å²) in [5.74, 6) is 1.80. The maximum absolute atomic E-state index is 12.4. The number of benzene rings is 1. The van der Waals surface area contributed by atoms with Gasteiger partial charge in [-0.3, -0.25) is 4.79 Å². The fourth-order valence-corrected chi connectivity index (χ4v) is 3.82. The summed E-state index contributed by atoms with van der Waals surface area (Å²) in [4.78, 5) is 14.3. The van der Waals surface area contributed by atoms with Crippen LogP contribution in [0.25, 0.3) is 0 Å². The van der Waals surface area contributed by atoms with Crippen LogP contribution < -0.4 is 10.1 Å². The zero-order valence-electron chi connectivity index (χ0n) is 12.4. The summed E-state index contributed by atoms with van der Waals surface area (Å²) in [6, 6.07) is 5.15. The molecule has 0 saturated carbocycles. The monoisotopic (exact) mass is 342 g/mol. The third-order valence-electron chi connectivity index (χ3n) is 4.63. The van der Waals surface area contributed by atoms with Gasteiger partial charge in [0.1, 0.15) is 0 Å². The van der Waals surface area contributed by atoms with Crippen LogP contribution in [0.15, 0.2) is 18.2 Å². The van der Waals surface area contributed by atoms with Crippen LogP contribution in [0.2, 0.25) is 10.0 Å². The number of ether oxygens (including phenoxy) is 1. The Morgan fingerprint density at radius 1 is 1.18 bits per heavy atom. The Morgan fingerprint density at radius 2 is 1.77 bits per heavy atom. The molecular formula is C16H20Cl2N2O2. The average Bonchev–Trinajstić information content (AvgIpc) is 2.85. The van der Waals surface area contributed by atoms with Gasteiger partial charge < -0.3 is 15.0 Å². The van der Waals surface area contributed by atoms with Crippen molar-refractivity contribution in [3.63, 3.8) is 0 Å². The third kappa shape index (κ3) is 3.50. The van der Waals surface area contributed by atoms with Gasteiger partial charge in [0.25, 0.3) is 5.91 Å². The number of halogens is 2. The lowest BCUT2D eigenvalue weighted by Crippen LogP contribution is -2.36. The summed E-state index contributed by atoms with van der Waals surface area (Å²) in [7, 11) is 0. The van der Waals surface area contributed by atoms with Crippen LogP contribution in [-0.2, 0) is 4.79 Å². The Balaban J connectivity index is 1.56. The van der Waals surface area contributed by atoms with Gasteiger partial charge in [-0.15, -0.1) is 0 Å². The number of hydrogen-bond donors (Lipinski definition) is 1. The lowest BCUT2D eigenvalue weighted by atomic mass is 9.92. The summed E-state index contributed by atoms with van der Waals surface area (Å²) >= 11 is 12.1. The zero-order valence-corrected chi connectivity index (χ0v) is 13.9. The van der Waals surface area contributed by atoms with E-state index in [2.05, 4.69) is 5.32 Å². The van der Waals surface area contributed by atoms with Gasteiger partial charge >= 0.3 is 0 Å². The van der Waals surface area contributed by atoms with Crippen LogP contribution in [0.1, 0.15) is 12.8 Å². The molecular weight excluding hydrogens is 323 g/mol. The fraction of sp³-hybridized carbons (Fsp3) is 0.562. The lowest BCUT2D eigenvalue weighted by molar-refractivity contribution is -0.133. The molecule has 120 valence electrons. The van der Waals surface area contributed by atoms with Crippen molar-refractivity contribution in [1.82, 2.24) is 10.2 Å². The molecule has 4 nitrogen and oxygen atoms in total. The Labute approximate surface area is 140 Å². The Hall–Kier alpha value is -0.970. The Bertz CT molecular complexity index is 519. The van der Waals surface area contributed by atoms with E-state index in [1.807, 2.05) is 4.90 Å². The summed E-state index contributed by atoms with van der Waals surface area (Å²) in [5.41, 5.74) is 0. The molecule has 1 aromatic rings. The van der Waals surface area contributed by atoms with Crippen LogP contribution in [-0.4, -0.2) is 43.6 Å². The van der Waals surface area contributed by atoms with Crippen molar-refractivity contribution in [2.45, 2.75) is 12.8 Å². The van der Waals surface area contributed by atoms with E-state index in [0.717, 1.165) is 39.0 Å². The number of likely N-dealkylation sites (tertiary alicyclic amines) is 1. The highest BCUT2D eigenvalue weighted by Gasteiger charge is 2.31. The van der Waals surface area contributed by atoms with Crippen LogP contribution in [0.3, 0.4) is 0 Å². The molecule has 0 aromatic heterocycles. The molecule has 0 bridgehead atoms. The van der Waals surface area contributed by atoms with Crippen molar-refractivity contribution in [2.24, 2.45) is 11.8 Å². The van der Waals surface area contributed by atoms with E-state index in [-0.39, 0.29) is 12.5 Å². The van der Waals surface area contributed by atoms with E-state index in [9.17, 15) is 4.79 Å². The number of nitrogens with one attached hydrogen (secondary N) is 1. The highest BCUT2D eigenvalue weighted by molar-refractivity contribution is 6.37. The predicted octanol–water partition coefficient (Wildman–Crippen LogP) is 2.83. The van der Waals surface area contributed by atoms with E-state index in [4.69, 9.17) is 27.9 Å². The number of para-hydroxylation sites is 1. The highest BCUT2D eigenvalue weighted by Crippen LogP contribution is 2.32. The van der Waals surface area contributed by atoms with E-state index < -0.39 is 0 Å². The number of amides is 1. The van der Waals surface area contributed by atoms with Crippen molar-refractivity contribution in [2.75, 3.05) is 32.8 Å². The molecule has 2 fully saturated rings. The minimum absolute atomic E-state index is 0.00363. The SMILES string of the molecule is O=C(COc1c(Cl)cccc1Cl)N1CC[C@@H]2CNC[C@@H]2CC1. The van der Waals surface area contributed by atoms with Gasteiger partial charge in [-0.2, -0.15) is 0 Å². The number of carbonyl (C=O) groups is 1. The van der Waals surface area contributed by atoms with Crippen molar-refractivity contribution in [3.8, 4) is 5.75 Å². The largest absolute Gasteiger partial charge is 0.481 e. The first-order valence-corrected chi connectivity index (χ1v) is 8.46. The van der Waals surface area contributed by atoms with Crippen LogP contribution in [0.4, 0.5) is 0 Å². The first-order valence-electron chi connectivity index (χ1n) is 7.70. The second kappa shape index (κ2) is 7.07. The van der Waals surface area contributed by atoms with Gasteiger partial charge in [0, 0.05) is 13.1 Å². The number of nitrogens with zero attached hydrogens (tertiary/aromatic N) is 1.